The first-order valence-electron chi connectivity index (χ1n) is 11.6. The van der Waals surface area contributed by atoms with Gasteiger partial charge in [0, 0.05) is 31.9 Å². The van der Waals surface area contributed by atoms with E-state index < -0.39 is 0 Å². The molecule has 1 saturated carbocycles. The van der Waals surface area contributed by atoms with Gasteiger partial charge in [-0.05, 0) is 59.9 Å². The van der Waals surface area contributed by atoms with Crippen LogP contribution in [-0.4, -0.2) is 51.3 Å². The highest BCUT2D eigenvalue weighted by Crippen LogP contribution is 2.35. The molecule has 1 aliphatic carbocycles. The first-order valence-corrected chi connectivity index (χ1v) is 11.6. The largest absolute Gasteiger partial charge is 0.369 e. The molecule has 5 rings (SSSR count). The van der Waals surface area contributed by atoms with Gasteiger partial charge in [0.25, 0.3) is 0 Å². The molecule has 6 nitrogen and oxygen atoms in total. The van der Waals surface area contributed by atoms with Crippen molar-refractivity contribution < 1.29 is 0 Å². The van der Waals surface area contributed by atoms with Gasteiger partial charge in [-0.25, -0.2) is 4.68 Å². The Morgan fingerprint density at radius 1 is 0.903 bits per heavy atom. The Morgan fingerprint density at radius 2 is 1.65 bits per heavy atom. The molecule has 31 heavy (non-hydrogen) atoms. The molecule has 1 aliphatic heterocycles. The molecule has 2 heterocycles. The summed E-state index contributed by atoms with van der Waals surface area (Å²) in [5.74, 6) is 0.998. The van der Waals surface area contributed by atoms with Crippen molar-refractivity contribution in [3.63, 3.8) is 0 Å². The van der Waals surface area contributed by atoms with Crippen LogP contribution in [0.2, 0.25) is 0 Å². The Labute approximate surface area is 184 Å². The summed E-state index contributed by atoms with van der Waals surface area (Å²) in [6.45, 7) is 8.39. The van der Waals surface area contributed by atoms with Gasteiger partial charge in [-0.15, -0.1) is 5.10 Å². The second-order valence-electron chi connectivity index (χ2n) is 9.05. The smallest absolute Gasteiger partial charge is 0.173 e. The fourth-order valence-electron chi connectivity index (χ4n) is 5.23. The normalized spacial score (nSPS) is 19.1. The molecule has 6 heteroatoms. The molecule has 162 valence electrons. The van der Waals surface area contributed by atoms with Crippen molar-refractivity contribution >= 4 is 5.69 Å². The predicted molar refractivity (Wildman–Crippen MR) is 123 cm³/mol. The monoisotopic (exact) mass is 416 g/mol. The van der Waals surface area contributed by atoms with Gasteiger partial charge in [0.2, 0.25) is 0 Å². The number of hydrogen-bond donors (Lipinski definition) is 0. The summed E-state index contributed by atoms with van der Waals surface area (Å²) in [6, 6.07) is 18.1. The average Bonchev–Trinajstić information content (AvgIpc) is 3.49. The molecule has 0 N–H and O–H groups in total. The standard InChI is InChI=1S/C25H32N6/c1-19-12-13-20(2)23(18-19)29-14-16-30(17-15-29)24(21-8-4-3-5-9-21)25-26-27-28-31(25)22-10-6-7-11-22/h3-5,8-9,12-13,18,22,24H,6-7,10-11,14-17H2,1-2H3/t24-/m0/s1. The van der Waals surface area contributed by atoms with Crippen LogP contribution in [-0.2, 0) is 0 Å². The molecule has 2 fully saturated rings. The van der Waals surface area contributed by atoms with Crippen LogP contribution in [0.4, 0.5) is 5.69 Å². The third-order valence-electron chi connectivity index (χ3n) is 6.93. The molecule has 0 bridgehead atoms. The second kappa shape index (κ2) is 8.79. The third kappa shape index (κ3) is 4.09. The first kappa shape index (κ1) is 20.2. The highest BCUT2D eigenvalue weighted by molar-refractivity contribution is 5.55. The lowest BCUT2D eigenvalue weighted by Crippen LogP contribution is -2.48. The number of benzene rings is 2. The zero-order valence-electron chi connectivity index (χ0n) is 18.6. The average molecular weight is 417 g/mol. The number of nitrogens with zero attached hydrogens (tertiary/aromatic N) is 6. The van der Waals surface area contributed by atoms with Crippen LogP contribution in [0, 0.1) is 13.8 Å². The number of aryl methyl sites for hydroxylation is 2. The maximum atomic E-state index is 4.56. The van der Waals surface area contributed by atoms with E-state index in [2.05, 4.69) is 92.4 Å². The van der Waals surface area contributed by atoms with Crippen molar-refractivity contribution in [2.45, 2.75) is 51.6 Å². The summed E-state index contributed by atoms with van der Waals surface area (Å²) in [5.41, 5.74) is 5.31. The fourth-order valence-corrected chi connectivity index (χ4v) is 5.23. The van der Waals surface area contributed by atoms with E-state index in [4.69, 9.17) is 0 Å². The summed E-state index contributed by atoms with van der Waals surface area (Å²) in [6.07, 6.45) is 4.91. The quantitative estimate of drug-likeness (QED) is 0.620. The van der Waals surface area contributed by atoms with Crippen LogP contribution in [0.3, 0.4) is 0 Å². The van der Waals surface area contributed by atoms with E-state index in [-0.39, 0.29) is 6.04 Å². The highest BCUT2D eigenvalue weighted by Gasteiger charge is 2.33. The van der Waals surface area contributed by atoms with E-state index in [0.29, 0.717) is 6.04 Å². The van der Waals surface area contributed by atoms with Gasteiger partial charge in [-0.3, -0.25) is 4.90 Å². The van der Waals surface area contributed by atoms with Crippen LogP contribution in [0.5, 0.6) is 0 Å². The Morgan fingerprint density at radius 3 is 2.39 bits per heavy atom. The molecular weight excluding hydrogens is 384 g/mol. The van der Waals surface area contributed by atoms with Gasteiger partial charge < -0.3 is 4.90 Å². The minimum Gasteiger partial charge on any atom is -0.369 e. The zero-order chi connectivity index (χ0) is 21.2. The van der Waals surface area contributed by atoms with E-state index in [1.807, 2.05) is 0 Å². The molecule has 1 saturated heterocycles. The van der Waals surface area contributed by atoms with Crippen LogP contribution < -0.4 is 4.90 Å². The Bertz CT molecular complexity index is 1000. The van der Waals surface area contributed by atoms with Gasteiger partial charge in [-0.1, -0.05) is 55.3 Å². The maximum Gasteiger partial charge on any atom is 0.173 e. The van der Waals surface area contributed by atoms with E-state index in [0.717, 1.165) is 32.0 Å². The third-order valence-corrected chi connectivity index (χ3v) is 6.93. The minimum atomic E-state index is 0.0950. The molecule has 0 spiro atoms. The summed E-state index contributed by atoms with van der Waals surface area (Å²) in [4.78, 5) is 5.09. The van der Waals surface area contributed by atoms with Crippen molar-refractivity contribution in [1.82, 2.24) is 25.1 Å². The van der Waals surface area contributed by atoms with Crippen molar-refractivity contribution in [2.24, 2.45) is 0 Å². The topological polar surface area (TPSA) is 50.1 Å². The van der Waals surface area contributed by atoms with E-state index in [9.17, 15) is 0 Å². The number of piperazine rings is 1. The number of anilines is 1. The van der Waals surface area contributed by atoms with Gasteiger partial charge in [0.05, 0.1) is 12.1 Å². The molecule has 1 atom stereocenters. The number of aromatic nitrogens is 4. The molecule has 3 aromatic rings. The Kier molecular flexibility index (Phi) is 5.72. The molecule has 1 aromatic heterocycles. The predicted octanol–water partition coefficient (Wildman–Crippen LogP) is 4.32. The lowest BCUT2D eigenvalue weighted by molar-refractivity contribution is 0.197. The van der Waals surface area contributed by atoms with Crippen LogP contribution in [0.15, 0.2) is 48.5 Å². The number of hydrogen-bond acceptors (Lipinski definition) is 5. The van der Waals surface area contributed by atoms with Gasteiger partial charge >= 0.3 is 0 Å². The second-order valence-corrected chi connectivity index (χ2v) is 9.05. The molecule has 0 amide bonds. The van der Waals surface area contributed by atoms with Gasteiger partial charge in [0.15, 0.2) is 5.82 Å². The van der Waals surface area contributed by atoms with Crippen molar-refractivity contribution in [3.05, 3.63) is 71.0 Å². The Balaban J connectivity index is 1.42. The molecule has 0 unspecified atom stereocenters. The SMILES string of the molecule is Cc1ccc(C)c(N2CCN([C@@H](c3ccccc3)c3nnnn3C3CCCC3)CC2)c1. The molecule has 2 aliphatic rings. The van der Waals surface area contributed by atoms with Crippen molar-refractivity contribution in [1.29, 1.82) is 0 Å². The van der Waals surface area contributed by atoms with E-state index in [1.165, 1.54) is 48.1 Å². The van der Waals surface area contributed by atoms with Gasteiger partial charge in [-0.2, -0.15) is 0 Å². The lowest BCUT2D eigenvalue weighted by Gasteiger charge is -2.40. The number of tetrazole rings is 1. The molecule has 0 radical (unpaired) electrons. The molecular formula is C25H32N6. The van der Waals surface area contributed by atoms with E-state index >= 15 is 0 Å². The van der Waals surface area contributed by atoms with Crippen LogP contribution in [0.25, 0.3) is 0 Å². The summed E-state index contributed by atoms with van der Waals surface area (Å²) in [7, 11) is 0. The van der Waals surface area contributed by atoms with Crippen LogP contribution in [0.1, 0.15) is 60.3 Å². The maximum absolute atomic E-state index is 4.56. The first-order chi connectivity index (χ1) is 15.2. The number of rotatable bonds is 5. The zero-order valence-corrected chi connectivity index (χ0v) is 18.6. The minimum absolute atomic E-state index is 0.0950. The van der Waals surface area contributed by atoms with E-state index in [1.54, 1.807) is 0 Å². The fraction of sp³-hybridized carbons (Fsp3) is 0.480. The van der Waals surface area contributed by atoms with Crippen molar-refractivity contribution in [2.75, 3.05) is 31.1 Å². The lowest BCUT2D eigenvalue weighted by atomic mass is 10.0. The van der Waals surface area contributed by atoms with Crippen LogP contribution >= 0.6 is 0 Å². The van der Waals surface area contributed by atoms with Crippen molar-refractivity contribution in [3.8, 4) is 0 Å². The summed E-state index contributed by atoms with van der Waals surface area (Å²) < 4.78 is 2.13. The van der Waals surface area contributed by atoms with Gasteiger partial charge in [0.1, 0.15) is 0 Å². The molecule has 2 aromatic carbocycles. The Hall–Kier alpha value is -2.73. The summed E-state index contributed by atoms with van der Waals surface area (Å²) >= 11 is 0. The summed E-state index contributed by atoms with van der Waals surface area (Å²) in [5, 5.41) is 13.1. The highest BCUT2D eigenvalue weighted by atomic mass is 15.6.